The highest BCUT2D eigenvalue weighted by atomic mass is 17.3. The van der Waals surface area contributed by atoms with Crippen LogP contribution in [0.25, 0.3) is 0 Å². The lowest BCUT2D eigenvalue weighted by Crippen LogP contribution is -2.59. The first-order valence-corrected chi connectivity index (χ1v) is 17.9. The Morgan fingerprint density at radius 3 is 2.33 bits per heavy atom. The highest BCUT2D eigenvalue weighted by Gasteiger charge is 2.67. The number of nitrogens with zero attached hydrogens (tertiary/aromatic N) is 2. The molecule has 1 unspecified atom stereocenters. The van der Waals surface area contributed by atoms with Crippen molar-refractivity contribution in [2.24, 2.45) is 35.5 Å². The minimum atomic E-state index is -0.754. The van der Waals surface area contributed by atoms with Crippen molar-refractivity contribution in [3.05, 3.63) is 29.3 Å². The van der Waals surface area contributed by atoms with Gasteiger partial charge < -0.3 is 19.3 Å². The van der Waals surface area contributed by atoms with Crippen molar-refractivity contribution in [3.8, 4) is 5.75 Å². The van der Waals surface area contributed by atoms with Gasteiger partial charge in [-0.1, -0.05) is 25.3 Å². The van der Waals surface area contributed by atoms with Crippen LogP contribution in [0.1, 0.15) is 107 Å². The molecule has 1 aromatic carbocycles. The molecule has 0 radical (unpaired) electrons. The van der Waals surface area contributed by atoms with Crippen LogP contribution in [-0.4, -0.2) is 58.8 Å². The zero-order valence-corrected chi connectivity index (χ0v) is 26.3. The summed E-state index contributed by atoms with van der Waals surface area (Å²) in [5.41, 5.74) is 2.15. The third-order valence-electron chi connectivity index (χ3n) is 13.0. The molecule has 9 aliphatic rings. The minimum absolute atomic E-state index is 0.00959. The molecule has 4 bridgehead atoms. The second-order valence-corrected chi connectivity index (χ2v) is 15.7. The van der Waals surface area contributed by atoms with Gasteiger partial charge >= 0.3 is 5.97 Å². The minimum Gasteiger partial charge on any atom is -0.426 e. The fourth-order valence-electron chi connectivity index (χ4n) is 10.8. The number of amides is 2. The van der Waals surface area contributed by atoms with E-state index < -0.39 is 11.6 Å². The SMILES string of the molecule is O=C(Oc1ccc2c(c1)C1CN(C(=O)C3CCCCC3)CC(=O)N1CC2)C1CCC2(CC1)OOC1(O2)C2CC3CC(C2)CC1C3. The van der Waals surface area contributed by atoms with Crippen LogP contribution in [0.15, 0.2) is 18.2 Å². The van der Waals surface area contributed by atoms with Crippen molar-refractivity contribution in [1.29, 1.82) is 0 Å². The predicted octanol–water partition coefficient (Wildman–Crippen LogP) is 5.46. The van der Waals surface area contributed by atoms with Gasteiger partial charge in [0.1, 0.15) is 5.75 Å². The molecule has 242 valence electrons. The molecule has 45 heavy (non-hydrogen) atoms. The summed E-state index contributed by atoms with van der Waals surface area (Å²) in [6, 6.07) is 5.63. The number of ether oxygens (including phenoxy) is 2. The van der Waals surface area contributed by atoms with Crippen LogP contribution in [-0.2, 0) is 35.3 Å². The zero-order chi connectivity index (χ0) is 30.3. The normalized spacial score (nSPS) is 40.6. The Morgan fingerprint density at radius 1 is 0.867 bits per heavy atom. The van der Waals surface area contributed by atoms with Crippen molar-refractivity contribution >= 4 is 17.8 Å². The number of carbonyl (C=O) groups excluding carboxylic acids is 3. The van der Waals surface area contributed by atoms with Gasteiger partial charge in [0.25, 0.3) is 0 Å². The van der Waals surface area contributed by atoms with E-state index in [-0.39, 0.29) is 42.2 Å². The Bertz CT molecular complexity index is 1350. The van der Waals surface area contributed by atoms with Crippen LogP contribution >= 0.6 is 0 Å². The van der Waals surface area contributed by atoms with E-state index in [1.807, 2.05) is 23.1 Å². The molecule has 2 saturated heterocycles. The maximum absolute atomic E-state index is 13.4. The van der Waals surface area contributed by atoms with Crippen molar-refractivity contribution in [3.63, 3.8) is 0 Å². The molecule has 2 spiro atoms. The van der Waals surface area contributed by atoms with Gasteiger partial charge in [-0.15, -0.1) is 0 Å². The summed E-state index contributed by atoms with van der Waals surface area (Å²) in [6.45, 7) is 1.33. The van der Waals surface area contributed by atoms with E-state index in [1.54, 1.807) is 4.90 Å². The van der Waals surface area contributed by atoms with Gasteiger partial charge in [0.2, 0.25) is 23.4 Å². The predicted molar refractivity (Wildman–Crippen MR) is 161 cm³/mol. The van der Waals surface area contributed by atoms with Gasteiger partial charge in [0, 0.05) is 43.7 Å². The average Bonchev–Trinajstić information content (AvgIpc) is 3.43. The van der Waals surface area contributed by atoms with E-state index in [0.29, 0.717) is 56.4 Å². The Labute approximate surface area is 265 Å². The number of rotatable bonds is 3. The van der Waals surface area contributed by atoms with E-state index >= 15 is 0 Å². The third-order valence-corrected chi connectivity index (χ3v) is 13.0. The number of hydrogen-bond donors (Lipinski definition) is 0. The largest absolute Gasteiger partial charge is 0.426 e. The monoisotopic (exact) mass is 618 g/mol. The summed E-state index contributed by atoms with van der Waals surface area (Å²) >= 11 is 0. The molecule has 9 heteroatoms. The summed E-state index contributed by atoms with van der Waals surface area (Å²) in [5, 5.41) is 0. The molecule has 9 nitrogen and oxygen atoms in total. The second-order valence-electron chi connectivity index (χ2n) is 15.7. The molecule has 2 amide bonds. The van der Waals surface area contributed by atoms with Gasteiger partial charge in [-0.05, 0) is 99.3 Å². The fourth-order valence-corrected chi connectivity index (χ4v) is 10.8. The molecule has 6 aliphatic carbocycles. The standard InChI is InChI=1S/C36H46N2O7/c39-32-21-37(33(40)25-4-2-1-3-5-25)20-31-30-19-29(7-6-24(30)10-13-38(31)32)42-34(41)26-8-11-35(12-9-26)43-36(45-44-35)27-15-22-14-23(17-27)18-28(36)16-22/h6-7,19,22-23,25-28,31H,1-5,8-18,20-21H2. The summed E-state index contributed by atoms with van der Waals surface area (Å²) < 4.78 is 12.8. The van der Waals surface area contributed by atoms with Crippen LogP contribution < -0.4 is 4.74 Å². The highest BCUT2D eigenvalue weighted by Crippen LogP contribution is 2.64. The number of esters is 1. The Kier molecular flexibility index (Phi) is 6.87. The van der Waals surface area contributed by atoms with Gasteiger partial charge in [-0.3, -0.25) is 14.4 Å². The smallest absolute Gasteiger partial charge is 0.314 e. The number of carbonyl (C=O) groups is 3. The fraction of sp³-hybridized carbons (Fsp3) is 0.750. The van der Waals surface area contributed by atoms with Gasteiger partial charge in [0.15, 0.2) is 0 Å². The molecule has 8 fully saturated rings. The van der Waals surface area contributed by atoms with Crippen molar-refractivity contribution in [2.75, 3.05) is 19.6 Å². The molecule has 6 saturated carbocycles. The van der Waals surface area contributed by atoms with Gasteiger partial charge in [0.05, 0.1) is 18.5 Å². The van der Waals surface area contributed by atoms with E-state index in [2.05, 4.69) is 0 Å². The first kappa shape index (κ1) is 28.7. The van der Waals surface area contributed by atoms with Crippen LogP contribution in [0.4, 0.5) is 0 Å². The maximum atomic E-state index is 13.4. The van der Waals surface area contributed by atoms with Crippen LogP contribution in [0.5, 0.6) is 5.75 Å². The van der Waals surface area contributed by atoms with E-state index in [4.69, 9.17) is 19.2 Å². The topological polar surface area (TPSA) is 94.6 Å². The lowest BCUT2D eigenvalue weighted by molar-refractivity contribution is -0.390. The van der Waals surface area contributed by atoms with E-state index in [9.17, 15) is 14.4 Å². The van der Waals surface area contributed by atoms with Gasteiger partial charge in [-0.25, -0.2) is 0 Å². The van der Waals surface area contributed by atoms with Crippen LogP contribution in [0.3, 0.4) is 0 Å². The lowest BCUT2D eigenvalue weighted by Gasteiger charge is -2.57. The van der Waals surface area contributed by atoms with E-state index in [0.717, 1.165) is 55.1 Å². The maximum Gasteiger partial charge on any atom is 0.314 e. The van der Waals surface area contributed by atoms with Crippen molar-refractivity contribution in [2.45, 2.75) is 114 Å². The zero-order valence-electron chi connectivity index (χ0n) is 26.3. The summed E-state index contributed by atoms with van der Waals surface area (Å²) in [7, 11) is 0. The van der Waals surface area contributed by atoms with Crippen molar-refractivity contribution < 1.29 is 33.6 Å². The first-order valence-electron chi connectivity index (χ1n) is 17.9. The molecular formula is C36H46N2O7. The first-order chi connectivity index (χ1) is 21.9. The summed E-state index contributed by atoms with van der Waals surface area (Å²) in [4.78, 5) is 55.9. The molecule has 3 heterocycles. The van der Waals surface area contributed by atoms with Crippen LogP contribution in [0, 0.1) is 35.5 Å². The summed E-state index contributed by atoms with van der Waals surface area (Å²) in [5.74, 6) is 1.37. The molecule has 1 atom stereocenters. The Balaban J connectivity index is 0.853. The number of benzene rings is 1. The van der Waals surface area contributed by atoms with Crippen molar-refractivity contribution in [1.82, 2.24) is 9.80 Å². The molecular weight excluding hydrogens is 572 g/mol. The quantitative estimate of drug-likeness (QED) is 0.252. The number of fused-ring (bicyclic) bond motifs is 3. The Hall–Kier alpha value is -2.49. The third kappa shape index (κ3) is 4.77. The molecule has 1 aromatic rings. The van der Waals surface area contributed by atoms with E-state index in [1.165, 1.54) is 38.5 Å². The molecule has 3 aliphatic heterocycles. The second kappa shape index (κ2) is 10.8. The average molecular weight is 619 g/mol. The summed E-state index contributed by atoms with van der Waals surface area (Å²) in [6.07, 6.45) is 14.6. The molecule has 0 aromatic heterocycles. The Morgan fingerprint density at radius 2 is 1.60 bits per heavy atom. The van der Waals surface area contributed by atoms with Gasteiger partial charge in [-0.2, -0.15) is 9.78 Å². The molecule has 10 rings (SSSR count). The highest BCUT2D eigenvalue weighted by molar-refractivity contribution is 5.88. The number of hydrogen-bond acceptors (Lipinski definition) is 7. The van der Waals surface area contributed by atoms with Crippen LogP contribution in [0.2, 0.25) is 0 Å². The molecule has 0 N–H and O–H groups in total. The number of piperazine rings is 1. The lowest BCUT2D eigenvalue weighted by atomic mass is 9.53.